The van der Waals surface area contributed by atoms with E-state index in [0.29, 0.717) is 0 Å². The van der Waals surface area contributed by atoms with E-state index in [1.165, 1.54) is 11.1 Å². The molecule has 0 atom stereocenters. The molecule has 0 saturated heterocycles. The Morgan fingerprint density at radius 1 is 1.47 bits per heavy atom. The van der Waals surface area contributed by atoms with Gasteiger partial charge in [-0.1, -0.05) is 12.2 Å². The SMILES string of the molecule is CC(C)(N)Cc1nccc2c1C=CCC2. The predicted octanol–water partition coefficient (Wildman–Crippen LogP) is 2.32. The first-order valence-electron chi connectivity index (χ1n) is 5.48. The van der Waals surface area contributed by atoms with Gasteiger partial charge in [-0.15, -0.1) is 0 Å². The maximum absolute atomic E-state index is 6.04. The highest BCUT2D eigenvalue weighted by atomic mass is 14.7. The fourth-order valence-electron chi connectivity index (χ4n) is 2.00. The van der Waals surface area contributed by atoms with Gasteiger partial charge in [0.15, 0.2) is 0 Å². The van der Waals surface area contributed by atoms with Crippen LogP contribution < -0.4 is 5.73 Å². The van der Waals surface area contributed by atoms with Gasteiger partial charge >= 0.3 is 0 Å². The van der Waals surface area contributed by atoms with Crippen molar-refractivity contribution in [3.63, 3.8) is 0 Å². The molecule has 0 amide bonds. The molecule has 2 rings (SSSR count). The highest BCUT2D eigenvalue weighted by Gasteiger charge is 2.17. The molecule has 0 bridgehead atoms. The van der Waals surface area contributed by atoms with Crippen molar-refractivity contribution < 1.29 is 0 Å². The minimum atomic E-state index is -0.187. The van der Waals surface area contributed by atoms with Gasteiger partial charge in [0.05, 0.1) is 0 Å². The van der Waals surface area contributed by atoms with E-state index in [9.17, 15) is 0 Å². The van der Waals surface area contributed by atoms with Crippen LogP contribution in [0.15, 0.2) is 18.3 Å². The maximum atomic E-state index is 6.04. The fraction of sp³-hybridized carbons (Fsp3) is 0.462. The number of hydrogen-bond acceptors (Lipinski definition) is 2. The molecule has 0 spiro atoms. The summed E-state index contributed by atoms with van der Waals surface area (Å²) in [5.41, 5.74) is 9.69. The molecule has 0 aromatic carbocycles. The molecule has 1 aromatic rings. The van der Waals surface area contributed by atoms with E-state index in [1.54, 1.807) is 0 Å². The maximum Gasteiger partial charge on any atom is 0.0496 e. The molecule has 0 unspecified atom stereocenters. The molecular formula is C13H18N2. The van der Waals surface area contributed by atoms with Gasteiger partial charge in [0, 0.05) is 23.9 Å². The second-order valence-electron chi connectivity index (χ2n) is 4.94. The van der Waals surface area contributed by atoms with Gasteiger partial charge in [-0.25, -0.2) is 0 Å². The molecule has 80 valence electrons. The Morgan fingerprint density at radius 3 is 3.00 bits per heavy atom. The molecule has 1 aliphatic carbocycles. The summed E-state index contributed by atoms with van der Waals surface area (Å²) >= 11 is 0. The molecule has 0 fully saturated rings. The average molecular weight is 202 g/mol. The Bertz CT molecular complexity index is 386. The molecule has 0 radical (unpaired) electrons. The van der Waals surface area contributed by atoms with Crippen LogP contribution >= 0.6 is 0 Å². The molecule has 2 heteroatoms. The third-order valence-electron chi connectivity index (χ3n) is 2.65. The monoisotopic (exact) mass is 202 g/mol. The predicted molar refractivity (Wildman–Crippen MR) is 63.6 cm³/mol. The Morgan fingerprint density at radius 2 is 2.27 bits per heavy atom. The van der Waals surface area contributed by atoms with Crippen molar-refractivity contribution in [2.24, 2.45) is 5.73 Å². The molecule has 0 aliphatic heterocycles. The topological polar surface area (TPSA) is 38.9 Å². The third kappa shape index (κ3) is 2.45. The molecular weight excluding hydrogens is 184 g/mol. The summed E-state index contributed by atoms with van der Waals surface area (Å²) in [7, 11) is 0. The first-order valence-corrected chi connectivity index (χ1v) is 5.48. The van der Waals surface area contributed by atoms with Crippen molar-refractivity contribution >= 4 is 6.08 Å². The van der Waals surface area contributed by atoms with Crippen molar-refractivity contribution in [3.05, 3.63) is 35.2 Å². The van der Waals surface area contributed by atoms with Crippen LogP contribution in [0.4, 0.5) is 0 Å². The smallest absolute Gasteiger partial charge is 0.0496 e. The number of nitrogens with two attached hydrogens (primary N) is 1. The molecule has 2 nitrogen and oxygen atoms in total. The fourth-order valence-corrected chi connectivity index (χ4v) is 2.00. The van der Waals surface area contributed by atoms with E-state index in [1.807, 2.05) is 20.0 Å². The first-order chi connectivity index (χ1) is 7.06. The third-order valence-corrected chi connectivity index (χ3v) is 2.65. The van der Waals surface area contributed by atoms with E-state index in [0.717, 1.165) is 25.0 Å². The van der Waals surface area contributed by atoms with Crippen LogP contribution in [0.2, 0.25) is 0 Å². The lowest BCUT2D eigenvalue weighted by Gasteiger charge is -2.21. The first kappa shape index (κ1) is 10.4. The molecule has 0 saturated carbocycles. The van der Waals surface area contributed by atoms with Crippen LogP contribution in [0.1, 0.15) is 37.1 Å². The van der Waals surface area contributed by atoms with Gasteiger partial charge in [0.1, 0.15) is 0 Å². The second-order valence-corrected chi connectivity index (χ2v) is 4.94. The van der Waals surface area contributed by atoms with Crippen molar-refractivity contribution in [2.75, 3.05) is 0 Å². The van der Waals surface area contributed by atoms with E-state index in [2.05, 4.69) is 23.2 Å². The summed E-state index contributed by atoms with van der Waals surface area (Å²) in [6.07, 6.45) is 9.42. The van der Waals surface area contributed by atoms with E-state index < -0.39 is 0 Å². The Balaban J connectivity index is 2.37. The Hall–Kier alpha value is -1.15. The lowest BCUT2D eigenvalue weighted by Crippen LogP contribution is -2.35. The van der Waals surface area contributed by atoms with Crippen molar-refractivity contribution in [2.45, 2.75) is 38.6 Å². The van der Waals surface area contributed by atoms with Crippen LogP contribution in [-0.2, 0) is 12.8 Å². The van der Waals surface area contributed by atoms with Crippen LogP contribution in [0, 0.1) is 0 Å². The van der Waals surface area contributed by atoms with Gasteiger partial charge < -0.3 is 5.73 Å². The molecule has 2 N–H and O–H groups in total. The number of pyridine rings is 1. The number of aromatic nitrogens is 1. The van der Waals surface area contributed by atoms with Crippen molar-refractivity contribution in [3.8, 4) is 0 Å². The zero-order valence-corrected chi connectivity index (χ0v) is 9.46. The van der Waals surface area contributed by atoms with Gasteiger partial charge in [-0.2, -0.15) is 0 Å². The summed E-state index contributed by atoms with van der Waals surface area (Å²) in [5, 5.41) is 0. The van der Waals surface area contributed by atoms with Gasteiger partial charge in [0.25, 0.3) is 0 Å². The van der Waals surface area contributed by atoms with Gasteiger partial charge in [-0.3, -0.25) is 4.98 Å². The lowest BCUT2D eigenvalue weighted by atomic mass is 9.91. The summed E-state index contributed by atoms with van der Waals surface area (Å²) in [5.74, 6) is 0. The van der Waals surface area contributed by atoms with E-state index in [4.69, 9.17) is 5.73 Å². The summed E-state index contributed by atoms with van der Waals surface area (Å²) in [4.78, 5) is 4.45. The van der Waals surface area contributed by atoms with E-state index in [-0.39, 0.29) is 5.54 Å². The standard InChI is InChI=1S/C13H18N2/c1-13(2,14)9-12-11-6-4-3-5-10(11)7-8-15-12/h4,6-8H,3,5,9,14H2,1-2H3. The van der Waals surface area contributed by atoms with Crippen molar-refractivity contribution in [1.29, 1.82) is 0 Å². The number of aryl methyl sites for hydroxylation is 1. The summed E-state index contributed by atoms with van der Waals surface area (Å²) in [6.45, 7) is 4.08. The van der Waals surface area contributed by atoms with Crippen LogP contribution in [-0.4, -0.2) is 10.5 Å². The molecule has 1 heterocycles. The highest BCUT2D eigenvalue weighted by Crippen LogP contribution is 2.23. The number of rotatable bonds is 2. The highest BCUT2D eigenvalue weighted by molar-refractivity contribution is 5.58. The van der Waals surface area contributed by atoms with Crippen LogP contribution in [0.25, 0.3) is 6.08 Å². The average Bonchev–Trinajstić information content (AvgIpc) is 2.16. The number of hydrogen-bond donors (Lipinski definition) is 1. The van der Waals surface area contributed by atoms with Crippen LogP contribution in [0.3, 0.4) is 0 Å². The second kappa shape index (κ2) is 3.78. The number of allylic oxidation sites excluding steroid dienone is 1. The largest absolute Gasteiger partial charge is 0.325 e. The quantitative estimate of drug-likeness (QED) is 0.799. The van der Waals surface area contributed by atoms with Crippen molar-refractivity contribution in [1.82, 2.24) is 4.98 Å². The zero-order chi connectivity index (χ0) is 10.9. The van der Waals surface area contributed by atoms with Gasteiger partial charge in [-0.05, 0) is 43.9 Å². The van der Waals surface area contributed by atoms with Gasteiger partial charge in [0.2, 0.25) is 0 Å². The minimum absolute atomic E-state index is 0.187. The summed E-state index contributed by atoms with van der Waals surface area (Å²) in [6, 6.07) is 2.12. The lowest BCUT2D eigenvalue weighted by molar-refractivity contribution is 0.509. The Kier molecular flexibility index (Phi) is 2.61. The Labute approximate surface area is 91.2 Å². The number of nitrogens with zero attached hydrogens (tertiary/aromatic N) is 1. The molecule has 1 aromatic heterocycles. The summed E-state index contributed by atoms with van der Waals surface area (Å²) < 4.78 is 0. The normalized spacial score (nSPS) is 15.1. The van der Waals surface area contributed by atoms with E-state index >= 15 is 0 Å². The molecule has 15 heavy (non-hydrogen) atoms. The minimum Gasteiger partial charge on any atom is -0.325 e. The molecule has 1 aliphatic rings. The van der Waals surface area contributed by atoms with Crippen LogP contribution in [0.5, 0.6) is 0 Å². The zero-order valence-electron chi connectivity index (χ0n) is 9.46. The number of fused-ring (bicyclic) bond motifs is 1.